The maximum absolute atomic E-state index is 10.0. The van der Waals surface area contributed by atoms with E-state index in [1.807, 2.05) is 0 Å². The normalized spacial score (nSPS) is 18.5. The van der Waals surface area contributed by atoms with Crippen LogP contribution >= 0.6 is 12.6 Å². The number of hydrogen-bond donors (Lipinski definition) is 4. The molecule has 0 radical (unpaired) electrons. The number of quaternary nitrogens is 1. The van der Waals surface area contributed by atoms with Crippen LogP contribution in [0.25, 0.3) is 0 Å². The lowest BCUT2D eigenvalue weighted by molar-refractivity contribution is -0.836. The van der Waals surface area contributed by atoms with E-state index in [1.54, 1.807) is 6.20 Å². The van der Waals surface area contributed by atoms with E-state index >= 15 is 0 Å². The molecule has 1 rings (SSSR count). The Hall–Kier alpha value is -0.880. The largest absolute Gasteiger partial charge is 0.550 e. The van der Waals surface area contributed by atoms with E-state index in [-0.39, 0.29) is 11.9 Å². The number of carbonyl (C=O) groups is 1. The number of carboxylic acids is 1. The highest BCUT2D eigenvalue weighted by molar-refractivity contribution is 7.80. The molecule has 1 atom stereocenters. The van der Waals surface area contributed by atoms with Crippen molar-refractivity contribution in [2.45, 2.75) is 18.3 Å². The van der Waals surface area contributed by atoms with Crippen molar-refractivity contribution in [3.05, 3.63) is 11.9 Å². The molecule has 0 fully saturated rings. The van der Waals surface area contributed by atoms with Crippen LogP contribution < -0.4 is 20.6 Å². The lowest BCUT2D eigenvalue weighted by Gasteiger charge is -2.06. The van der Waals surface area contributed by atoms with Gasteiger partial charge in [0.25, 0.3) is 0 Å². The molecule has 6 heteroatoms. The summed E-state index contributed by atoms with van der Waals surface area (Å²) in [5.41, 5.74) is 0.765. The molecule has 15 heavy (non-hydrogen) atoms. The molecule has 0 unspecified atom stereocenters. The predicted molar refractivity (Wildman–Crippen MR) is 60.1 cm³/mol. The first-order valence-corrected chi connectivity index (χ1v) is 5.29. The quantitative estimate of drug-likeness (QED) is 0.408. The van der Waals surface area contributed by atoms with Crippen LogP contribution in [0.4, 0.5) is 0 Å². The van der Waals surface area contributed by atoms with Crippen LogP contribution in [0, 0.1) is 0 Å². The van der Waals surface area contributed by atoms with Crippen LogP contribution in [-0.2, 0) is 4.79 Å². The summed E-state index contributed by atoms with van der Waals surface area (Å²) in [5, 5.41) is 15.8. The van der Waals surface area contributed by atoms with Gasteiger partial charge in [0.05, 0.1) is 21.1 Å². The van der Waals surface area contributed by atoms with Gasteiger partial charge in [0, 0.05) is 17.9 Å². The van der Waals surface area contributed by atoms with Gasteiger partial charge in [0.1, 0.15) is 5.50 Å². The van der Waals surface area contributed by atoms with E-state index in [2.05, 4.69) is 44.4 Å². The summed E-state index contributed by atoms with van der Waals surface area (Å²) in [7, 11) is 6.25. The zero-order chi connectivity index (χ0) is 11.8. The van der Waals surface area contributed by atoms with E-state index < -0.39 is 5.97 Å². The Morgan fingerprint density at radius 2 is 2.13 bits per heavy atom. The Morgan fingerprint density at radius 3 is 2.47 bits per heavy atom. The van der Waals surface area contributed by atoms with Gasteiger partial charge in [0.15, 0.2) is 0 Å². The fraction of sp³-hybridized carbons (Fsp3) is 0.667. The second-order valence-corrected chi connectivity index (χ2v) is 4.27. The minimum Gasteiger partial charge on any atom is -0.550 e. The van der Waals surface area contributed by atoms with Crippen LogP contribution in [0.1, 0.15) is 12.8 Å². The summed E-state index contributed by atoms with van der Waals surface area (Å²) >= 11 is 4.06. The van der Waals surface area contributed by atoms with Gasteiger partial charge in [-0.3, -0.25) is 0 Å². The zero-order valence-electron chi connectivity index (χ0n) is 9.33. The molecule has 0 aliphatic carbocycles. The van der Waals surface area contributed by atoms with Crippen LogP contribution in [0.15, 0.2) is 11.9 Å². The lowest BCUT2D eigenvalue weighted by Crippen LogP contribution is -3.02. The molecule has 1 heterocycles. The van der Waals surface area contributed by atoms with Crippen LogP contribution in [0.2, 0.25) is 0 Å². The number of allylic oxidation sites excluding steroid dienone is 1. The van der Waals surface area contributed by atoms with Crippen molar-refractivity contribution >= 4 is 18.6 Å². The van der Waals surface area contributed by atoms with Crippen molar-refractivity contribution in [2.75, 3.05) is 21.1 Å². The maximum Gasteiger partial charge on any atom is 0.142 e. The molecule has 1 aliphatic heterocycles. The molecule has 5 nitrogen and oxygen atoms in total. The van der Waals surface area contributed by atoms with Gasteiger partial charge < -0.3 is 25.4 Å². The van der Waals surface area contributed by atoms with Crippen molar-refractivity contribution in [3.63, 3.8) is 0 Å². The van der Waals surface area contributed by atoms with Gasteiger partial charge in [-0.2, -0.15) is 0 Å². The van der Waals surface area contributed by atoms with Crippen molar-refractivity contribution in [1.29, 1.82) is 0 Å². The third-order valence-corrected chi connectivity index (χ3v) is 1.61. The van der Waals surface area contributed by atoms with Gasteiger partial charge in [-0.1, -0.05) is 0 Å². The number of rotatable bonds is 3. The van der Waals surface area contributed by atoms with E-state index in [1.165, 1.54) is 4.90 Å². The Morgan fingerprint density at radius 1 is 1.60 bits per heavy atom. The fourth-order valence-corrected chi connectivity index (χ4v) is 1.06. The Kier molecular flexibility index (Phi) is 6.98. The first-order valence-electron chi connectivity index (χ1n) is 4.78. The van der Waals surface area contributed by atoms with E-state index in [4.69, 9.17) is 0 Å². The minimum atomic E-state index is -1.03. The molecule has 0 bridgehead atoms. The highest BCUT2D eigenvalue weighted by atomic mass is 32.1. The Labute approximate surface area is 95.9 Å². The standard InChI is InChI=1S/C6H10N2O2S.C3H9N/c9-5(10)2-1-4-3-7-6(11)8-4;1-4(2)3/h3,6-8,11H,1-2H2,(H,9,10);1-3H3/t6-;/m0./s1. The average Bonchev–Trinajstić information content (AvgIpc) is 2.47. The second-order valence-electron chi connectivity index (χ2n) is 3.76. The van der Waals surface area contributed by atoms with Crippen molar-refractivity contribution < 1.29 is 14.8 Å². The topological polar surface area (TPSA) is 68.6 Å². The summed E-state index contributed by atoms with van der Waals surface area (Å²) in [5.74, 6) is -1.03. The van der Waals surface area contributed by atoms with E-state index in [9.17, 15) is 9.90 Å². The van der Waals surface area contributed by atoms with Crippen molar-refractivity contribution in [2.24, 2.45) is 0 Å². The number of hydrogen-bond acceptors (Lipinski definition) is 5. The average molecular weight is 233 g/mol. The van der Waals surface area contributed by atoms with Gasteiger partial charge in [-0.05, 0) is 12.8 Å². The van der Waals surface area contributed by atoms with E-state index in [0.717, 1.165) is 5.70 Å². The second kappa shape index (κ2) is 7.42. The summed E-state index contributed by atoms with van der Waals surface area (Å²) in [6.45, 7) is 0. The summed E-state index contributed by atoms with van der Waals surface area (Å²) in [6.07, 6.45) is 2.23. The molecule has 0 amide bonds. The number of carboxylic acid groups (broad SMARTS) is 1. The first-order chi connectivity index (χ1) is 6.91. The summed E-state index contributed by atoms with van der Waals surface area (Å²) in [4.78, 5) is 11.4. The molecular formula is C9H19N3O2S. The van der Waals surface area contributed by atoms with Crippen molar-refractivity contribution in [3.8, 4) is 0 Å². The van der Waals surface area contributed by atoms with Gasteiger partial charge >= 0.3 is 0 Å². The molecule has 88 valence electrons. The monoisotopic (exact) mass is 233 g/mol. The third kappa shape index (κ3) is 9.42. The smallest absolute Gasteiger partial charge is 0.142 e. The first kappa shape index (κ1) is 14.1. The molecular weight excluding hydrogens is 214 g/mol. The van der Waals surface area contributed by atoms with Crippen LogP contribution in [0.5, 0.6) is 0 Å². The van der Waals surface area contributed by atoms with Crippen molar-refractivity contribution in [1.82, 2.24) is 10.6 Å². The highest BCUT2D eigenvalue weighted by Gasteiger charge is 2.08. The molecule has 0 aromatic heterocycles. The maximum atomic E-state index is 10.0. The van der Waals surface area contributed by atoms with Crippen LogP contribution in [-0.4, -0.2) is 32.6 Å². The lowest BCUT2D eigenvalue weighted by atomic mass is 10.2. The molecule has 0 aromatic rings. The van der Waals surface area contributed by atoms with Gasteiger partial charge in [-0.25, -0.2) is 0 Å². The van der Waals surface area contributed by atoms with Crippen LogP contribution in [0.3, 0.4) is 0 Å². The Bertz CT molecular complexity index is 229. The molecule has 0 saturated carbocycles. The summed E-state index contributed by atoms with van der Waals surface area (Å²) in [6, 6.07) is 0. The minimum absolute atomic E-state index is 0.0427. The molecule has 0 saturated heterocycles. The van der Waals surface area contributed by atoms with Gasteiger partial charge in [-0.15, -0.1) is 12.6 Å². The number of aliphatic carboxylic acids is 1. The SMILES string of the molecule is C[NH+](C)C.O=C([O-])CCC1=CN[C@H](S)N1. The predicted octanol–water partition coefficient (Wildman–Crippen LogP) is -2.48. The summed E-state index contributed by atoms with van der Waals surface area (Å²) < 4.78 is 0. The Balaban J connectivity index is 0.000000423. The number of thiol groups is 1. The van der Waals surface area contributed by atoms with E-state index in [0.29, 0.717) is 6.42 Å². The molecule has 0 aromatic carbocycles. The fourth-order valence-electron chi connectivity index (χ4n) is 0.820. The molecule has 3 N–H and O–H groups in total. The number of carbonyl (C=O) groups excluding carboxylic acids is 1. The number of nitrogens with one attached hydrogen (secondary N) is 3. The van der Waals surface area contributed by atoms with Gasteiger partial charge in [0.2, 0.25) is 0 Å². The molecule has 0 spiro atoms. The highest BCUT2D eigenvalue weighted by Crippen LogP contribution is 2.06. The third-order valence-electron chi connectivity index (χ3n) is 1.34. The zero-order valence-corrected chi connectivity index (χ0v) is 10.2. The molecule has 1 aliphatic rings.